The van der Waals surface area contributed by atoms with Crippen LogP contribution in [0.25, 0.3) is 0 Å². The van der Waals surface area contributed by atoms with Crippen LogP contribution in [0.4, 0.5) is 0 Å². The lowest BCUT2D eigenvalue weighted by molar-refractivity contribution is -0.684. The Kier molecular flexibility index (Phi) is 4.87. The summed E-state index contributed by atoms with van der Waals surface area (Å²) >= 11 is 0. The minimum atomic E-state index is -0.259. The molecule has 0 spiro atoms. The molecule has 1 heterocycles. The van der Waals surface area contributed by atoms with E-state index < -0.39 is 0 Å². The highest BCUT2D eigenvalue weighted by Gasteiger charge is 2.07. The number of aromatic hydroxyl groups is 1. The number of carbonyl (C=O) groups excluding carboxylic acids is 1. The molecule has 2 N–H and O–H groups in total. The van der Waals surface area contributed by atoms with Crippen LogP contribution in [0, 0.1) is 0 Å². The highest BCUT2D eigenvalue weighted by atomic mass is 16.5. The summed E-state index contributed by atoms with van der Waals surface area (Å²) in [5.41, 5.74) is 2.86. The predicted molar refractivity (Wildman–Crippen MR) is 77.0 cm³/mol. The van der Waals surface area contributed by atoms with Gasteiger partial charge in [0.25, 0.3) is 0 Å². The summed E-state index contributed by atoms with van der Waals surface area (Å²) in [6.07, 6.45) is 4.94. The van der Waals surface area contributed by atoms with Gasteiger partial charge in [-0.25, -0.2) is 5.43 Å². The summed E-state index contributed by atoms with van der Waals surface area (Å²) in [7, 11) is 1.47. The lowest BCUT2D eigenvalue weighted by Gasteiger charge is -2.04. The smallest absolute Gasteiger partial charge is 0.305 e. The van der Waals surface area contributed by atoms with Crippen molar-refractivity contribution in [1.82, 2.24) is 5.43 Å². The number of methoxy groups -OCH3 is 1. The molecule has 1 aromatic carbocycles. The van der Waals surface area contributed by atoms with Gasteiger partial charge in [0.1, 0.15) is 0 Å². The molecule has 2 rings (SSSR count). The Labute approximate surface area is 122 Å². The maximum Gasteiger partial charge on any atom is 0.305 e. The molecule has 0 aliphatic heterocycles. The number of rotatable bonds is 5. The maximum absolute atomic E-state index is 11.7. The van der Waals surface area contributed by atoms with Gasteiger partial charge in [0.2, 0.25) is 6.54 Å². The molecular formula is C15H16N3O3+. The van der Waals surface area contributed by atoms with Crippen molar-refractivity contribution in [3.63, 3.8) is 0 Å². The third-order valence-corrected chi connectivity index (χ3v) is 2.75. The highest BCUT2D eigenvalue weighted by molar-refractivity contribution is 5.86. The van der Waals surface area contributed by atoms with Gasteiger partial charge in [-0.15, -0.1) is 0 Å². The number of amides is 1. The van der Waals surface area contributed by atoms with E-state index in [9.17, 15) is 9.90 Å². The van der Waals surface area contributed by atoms with E-state index in [-0.39, 0.29) is 18.2 Å². The largest absolute Gasteiger partial charge is 0.504 e. The van der Waals surface area contributed by atoms with Crippen LogP contribution in [0.1, 0.15) is 5.56 Å². The lowest BCUT2D eigenvalue weighted by atomic mass is 10.2. The molecule has 21 heavy (non-hydrogen) atoms. The number of pyridine rings is 1. The summed E-state index contributed by atoms with van der Waals surface area (Å²) in [4.78, 5) is 11.7. The topological polar surface area (TPSA) is 74.8 Å². The van der Waals surface area contributed by atoms with Crippen LogP contribution in [-0.2, 0) is 11.3 Å². The van der Waals surface area contributed by atoms with Crippen molar-refractivity contribution in [1.29, 1.82) is 0 Å². The Bertz CT molecular complexity index is 642. The first kappa shape index (κ1) is 14.5. The molecule has 0 saturated carbocycles. The van der Waals surface area contributed by atoms with Gasteiger partial charge in [0.05, 0.1) is 13.3 Å². The molecule has 6 nitrogen and oxygen atoms in total. The van der Waals surface area contributed by atoms with Gasteiger partial charge in [-0.2, -0.15) is 9.67 Å². The number of ether oxygens (including phenoxy) is 1. The highest BCUT2D eigenvalue weighted by Crippen LogP contribution is 2.27. The van der Waals surface area contributed by atoms with E-state index in [1.807, 2.05) is 18.2 Å². The van der Waals surface area contributed by atoms with Crippen molar-refractivity contribution in [2.45, 2.75) is 6.54 Å². The second-order valence-electron chi connectivity index (χ2n) is 4.24. The van der Waals surface area contributed by atoms with E-state index in [4.69, 9.17) is 4.74 Å². The van der Waals surface area contributed by atoms with E-state index in [0.29, 0.717) is 11.3 Å². The number of hydrogen-bond donors (Lipinski definition) is 2. The Morgan fingerprint density at radius 2 is 2.10 bits per heavy atom. The molecular weight excluding hydrogens is 270 g/mol. The molecule has 0 aliphatic rings. The first-order valence-electron chi connectivity index (χ1n) is 6.32. The number of nitrogens with zero attached hydrogens (tertiary/aromatic N) is 2. The van der Waals surface area contributed by atoms with Crippen LogP contribution in [-0.4, -0.2) is 24.3 Å². The number of benzene rings is 1. The van der Waals surface area contributed by atoms with E-state index in [1.54, 1.807) is 35.2 Å². The summed E-state index contributed by atoms with van der Waals surface area (Å²) in [6.45, 7) is 0.169. The number of carbonyl (C=O) groups is 1. The number of hydrazone groups is 1. The van der Waals surface area contributed by atoms with Gasteiger partial charge in [0, 0.05) is 17.7 Å². The maximum atomic E-state index is 11.7. The van der Waals surface area contributed by atoms with E-state index >= 15 is 0 Å². The normalized spacial score (nSPS) is 10.5. The molecule has 2 aromatic rings. The lowest BCUT2D eigenvalue weighted by Crippen LogP contribution is -2.40. The van der Waals surface area contributed by atoms with Gasteiger partial charge in [-0.1, -0.05) is 12.1 Å². The van der Waals surface area contributed by atoms with Crippen LogP contribution >= 0.6 is 0 Å². The van der Waals surface area contributed by atoms with Gasteiger partial charge >= 0.3 is 5.91 Å². The molecule has 0 aliphatic carbocycles. The zero-order valence-corrected chi connectivity index (χ0v) is 11.6. The Morgan fingerprint density at radius 1 is 1.33 bits per heavy atom. The van der Waals surface area contributed by atoms with Gasteiger partial charge in [0.15, 0.2) is 23.9 Å². The van der Waals surface area contributed by atoms with Gasteiger partial charge < -0.3 is 9.84 Å². The van der Waals surface area contributed by atoms with Crippen LogP contribution in [0.3, 0.4) is 0 Å². The van der Waals surface area contributed by atoms with E-state index in [1.165, 1.54) is 13.3 Å². The monoisotopic (exact) mass is 286 g/mol. The Balaban J connectivity index is 1.95. The van der Waals surface area contributed by atoms with Crippen molar-refractivity contribution in [3.05, 3.63) is 54.4 Å². The van der Waals surface area contributed by atoms with E-state index in [0.717, 1.165) is 0 Å². The van der Waals surface area contributed by atoms with Crippen LogP contribution in [0.5, 0.6) is 11.5 Å². The number of hydrogen-bond acceptors (Lipinski definition) is 4. The summed E-state index contributed by atoms with van der Waals surface area (Å²) < 4.78 is 6.72. The molecule has 0 bridgehead atoms. The predicted octanol–water partition coefficient (Wildman–Crippen LogP) is 0.839. The second-order valence-corrected chi connectivity index (χ2v) is 4.24. The average Bonchev–Trinajstić information content (AvgIpc) is 2.50. The molecule has 0 unspecified atom stereocenters. The zero-order chi connectivity index (χ0) is 15.1. The molecule has 108 valence electrons. The summed E-state index contributed by atoms with van der Waals surface area (Å²) in [5.74, 6) is 0.0744. The van der Waals surface area contributed by atoms with Crippen molar-refractivity contribution in [3.8, 4) is 11.5 Å². The van der Waals surface area contributed by atoms with Crippen LogP contribution in [0.15, 0.2) is 53.9 Å². The fourth-order valence-corrected chi connectivity index (χ4v) is 1.72. The number of para-hydroxylation sites is 1. The SMILES string of the molecule is COc1cccc(/C=N/NC(=O)C[n+]2ccccc2)c1O. The summed E-state index contributed by atoms with van der Waals surface area (Å²) in [5, 5.41) is 13.7. The number of phenols is 1. The van der Waals surface area contributed by atoms with Gasteiger partial charge in [-0.05, 0) is 12.1 Å². The Morgan fingerprint density at radius 3 is 2.81 bits per heavy atom. The third kappa shape index (κ3) is 4.04. The quantitative estimate of drug-likeness (QED) is 0.486. The molecule has 0 fully saturated rings. The fourth-order valence-electron chi connectivity index (χ4n) is 1.72. The number of aromatic nitrogens is 1. The fraction of sp³-hybridized carbons (Fsp3) is 0.133. The van der Waals surface area contributed by atoms with Crippen LogP contribution < -0.4 is 14.7 Å². The minimum Gasteiger partial charge on any atom is -0.504 e. The molecule has 1 aromatic heterocycles. The van der Waals surface area contributed by atoms with Gasteiger partial charge in [-0.3, -0.25) is 4.79 Å². The minimum absolute atomic E-state index is 0.0181. The first-order chi connectivity index (χ1) is 10.2. The zero-order valence-electron chi connectivity index (χ0n) is 11.6. The molecule has 6 heteroatoms. The van der Waals surface area contributed by atoms with Crippen molar-refractivity contribution >= 4 is 12.1 Å². The molecule has 0 saturated heterocycles. The number of nitrogens with one attached hydrogen (secondary N) is 1. The molecule has 0 radical (unpaired) electrons. The molecule has 0 atom stereocenters. The first-order valence-corrected chi connectivity index (χ1v) is 6.32. The van der Waals surface area contributed by atoms with Crippen LogP contribution in [0.2, 0.25) is 0 Å². The average molecular weight is 286 g/mol. The molecule has 1 amide bonds. The van der Waals surface area contributed by atoms with Crippen molar-refractivity contribution in [2.24, 2.45) is 5.10 Å². The summed E-state index contributed by atoms with van der Waals surface area (Å²) in [6, 6.07) is 10.6. The second kappa shape index (κ2) is 7.04. The third-order valence-electron chi connectivity index (χ3n) is 2.75. The number of phenolic OH excluding ortho intramolecular Hbond substituents is 1. The standard InChI is InChI=1S/C15H15N3O3/c1-21-13-7-5-6-12(15(13)20)10-16-17-14(19)11-18-8-3-2-4-9-18/h2-10H,11H2,1H3,(H-,16,17,19,20)/p+1. The van der Waals surface area contributed by atoms with E-state index in [2.05, 4.69) is 10.5 Å². The van der Waals surface area contributed by atoms with Crippen molar-refractivity contribution < 1.29 is 19.2 Å². The van der Waals surface area contributed by atoms with Crippen molar-refractivity contribution in [2.75, 3.05) is 7.11 Å². The Hall–Kier alpha value is -2.89.